The van der Waals surface area contributed by atoms with Crippen LogP contribution < -0.4 is 0 Å². The molecule has 0 amide bonds. The third-order valence-corrected chi connectivity index (χ3v) is 10.5. The van der Waals surface area contributed by atoms with Gasteiger partial charge in [-0.05, 0) is 0 Å². The van der Waals surface area contributed by atoms with Gasteiger partial charge in [0.25, 0.3) is 0 Å². The summed E-state index contributed by atoms with van der Waals surface area (Å²) in [7, 11) is 9.10. The Morgan fingerprint density at radius 3 is 0.652 bits per heavy atom. The van der Waals surface area contributed by atoms with Crippen molar-refractivity contribution in [2.75, 3.05) is 78.5 Å². The van der Waals surface area contributed by atoms with Gasteiger partial charge in [-0.2, -0.15) is 0 Å². The summed E-state index contributed by atoms with van der Waals surface area (Å²) in [6.45, 7) is 16.5. The predicted octanol–water partition coefficient (Wildman–Crippen LogP) is 1.16. The molecule has 0 aromatic heterocycles. The Kier molecular flexibility index (Phi) is 6.55. The van der Waals surface area contributed by atoms with Crippen LogP contribution in [0.2, 0.25) is 0 Å². The molecule has 6 saturated heterocycles. The fourth-order valence-electron chi connectivity index (χ4n) is 2.70. The van der Waals surface area contributed by atoms with Crippen molar-refractivity contribution in [1.29, 1.82) is 0 Å². The molecule has 0 unspecified atom stereocenters. The fraction of sp³-hybridized carbons (Fsp3) is 1.00. The maximum atomic E-state index is 4.81. The number of nitrogens with zero attached hydrogens (tertiary/aromatic N) is 6. The predicted molar refractivity (Wildman–Crippen MR) is 97.8 cm³/mol. The van der Waals surface area contributed by atoms with Gasteiger partial charge in [0.2, 0.25) is 16.7 Å². The van der Waals surface area contributed by atoms with Crippen molar-refractivity contribution in [2.24, 2.45) is 0 Å². The van der Waals surface area contributed by atoms with Crippen molar-refractivity contribution < 1.29 is 15.9 Å². The first-order valence-corrected chi connectivity index (χ1v) is 15.1. The van der Waals surface area contributed by atoms with E-state index in [0.29, 0.717) is 0 Å². The first-order chi connectivity index (χ1) is 11.3. The second-order valence-corrected chi connectivity index (χ2v) is 13.9. The van der Waals surface area contributed by atoms with Crippen LogP contribution in [-0.4, -0.2) is 107 Å². The molecule has 0 atom stereocenters. The molecule has 23 heavy (non-hydrogen) atoms. The number of halogens is 2. The van der Waals surface area contributed by atoms with Crippen LogP contribution in [0.3, 0.4) is 0 Å². The van der Waals surface area contributed by atoms with Crippen LogP contribution in [0, 0.1) is 0 Å². The molecule has 0 bridgehead atoms. The monoisotopic (exact) mass is 492 g/mol. The van der Waals surface area contributed by atoms with Gasteiger partial charge in [-0.25, -0.2) is 0 Å². The van der Waals surface area contributed by atoms with Crippen molar-refractivity contribution in [1.82, 2.24) is 28.0 Å². The van der Waals surface area contributed by atoms with Crippen molar-refractivity contribution in [3.63, 3.8) is 0 Å². The zero-order chi connectivity index (χ0) is 15.8. The Hall–Kier alpha value is 1.86. The van der Waals surface area contributed by atoms with Crippen LogP contribution in [0.1, 0.15) is 0 Å². The Morgan fingerprint density at radius 1 is 0.435 bits per heavy atom. The molecule has 6 heterocycles. The summed E-state index contributed by atoms with van der Waals surface area (Å²) in [5.74, 6) is 0. The van der Waals surface area contributed by atoms with Crippen LogP contribution in [0.4, 0.5) is 0 Å². The summed E-state index contributed by atoms with van der Waals surface area (Å²) in [4.78, 5) is 0. The molecule has 0 aliphatic carbocycles. The summed E-state index contributed by atoms with van der Waals surface area (Å²) in [5, 5.41) is 0. The maximum absolute atomic E-state index is 4.81. The standard InChI is InChI=1S/2C6H12N3P.2ClH.Pd/c2*1-2-7(1)10(8-3-4-8)9-5-6-9;;;/h2*1-6H2;2*1H;/q;;;;+2. The molecule has 6 nitrogen and oxygen atoms in total. The van der Waals surface area contributed by atoms with Gasteiger partial charge in [0.1, 0.15) is 0 Å². The number of hydrogen-bond acceptors (Lipinski definition) is 6. The van der Waals surface area contributed by atoms with E-state index in [4.69, 9.17) is 19.1 Å². The normalized spacial score (nSPS) is 29.9. The van der Waals surface area contributed by atoms with E-state index in [1.54, 1.807) is 0 Å². The third-order valence-electron chi connectivity index (χ3n) is 4.38. The van der Waals surface area contributed by atoms with Gasteiger partial charge in [-0.3, -0.25) is 0 Å². The van der Waals surface area contributed by atoms with Gasteiger partial charge < -0.3 is 0 Å². The molecule has 6 fully saturated rings. The number of rotatable bonds is 6. The van der Waals surface area contributed by atoms with Crippen molar-refractivity contribution in [3.05, 3.63) is 0 Å². The molecule has 0 spiro atoms. The van der Waals surface area contributed by atoms with Crippen LogP contribution >= 0.6 is 35.8 Å². The minimum absolute atomic E-state index is 0.106. The molecule has 11 heteroatoms. The molecule has 0 N–H and O–H groups in total. The number of hydrogen-bond donors (Lipinski definition) is 0. The first kappa shape index (κ1) is 18.2. The van der Waals surface area contributed by atoms with Gasteiger partial charge in [0.05, 0.1) is 78.5 Å². The Balaban J connectivity index is 0.000000101. The Bertz CT molecular complexity index is 310. The summed E-state index contributed by atoms with van der Waals surface area (Å²) in [5.41, 5.74) is 0. The van der Waals surface area contributed by atoms with Crippen LogP contribution in [0.5, 0.6) is 0 Å². The molecule has 0 saturated carbocycles. The molecule has 6 rings (SSSR count). The molecule has 6 aliphatic heterocycles. The molecule has 6 aliphatic rings. The van der Waals surface area contributed by atoms with Gasteiger partial charge in [-0.1, -0.05) is 0 Å². The second kappa shape index (κ2) is 8.26. The average Bonchev–Trinajstić information content (AvgIpc) is 3.38. The van der Waals surface area contributed by atoms with Gasteiger partial charge in [0.15, 0.2) is 0 Å². The first-order valence-electron chi connectivity index (χ1n) is 8.38. The average molecular weight is 494 g/mol. The van der Waals surface area contributed by atoms with Crippen LogP contribution in [0.15, 0.2) is 0 Å². The van der Waals surface area contributed by atoms with E-state index in [1.807, 2.05) is 0 Å². The van der Waals surface area contributed by atoms with Crippen LogP contribution in [-0.2, 0) is 15.9 Å². The SMILES string of the molecule is C1CN1[PH+](N1CC1)N1CC1.C1CN1[PH+](N1CC1)N1CC1.[Cl][Pd][Cl]. The van der Waals surface area contributed by atoms with Crippen molar-refractivity contribution in [3.8, 4) is 0 Å². The molecular formula is C12H26Cl2N6P2Pd+2. The van der Waals surface area contributed by atoms with E-state index in [0.717, 1.165) is 0 Å². The molecular weight excluding hydrogens is 467 g/mol. The van der Waals surface area contributed by atoms with Gasteiger partial charge in [-0.15, -0.1) is 28.0 Å². The zero-order valence-corrected chi connectivity index (χ0v) is 18.3. The summed E-state index contributed by atoms with van der Waals surface area (Å²) < 4.78 is 15.9. The van der Waals surface area contributed by atoms with E-state index < -0.39 is 0 Å². The van der Waals surface area contributed by atoms with Crippen LogP contribution in [0.25, 0.3) is 0 Å². The fourth-order valence-corrected chi connectivity index (χ4v) is 8.10. The molecule has 136 valence electrons. The molecule has 0 aromatic rings. The Morgan fingerprint density at radius 2 is 0.565 bits per heavy atom. The summed E-state index contributed by atoms with van der Waals surface area (Å²) in [6, 6.07) is 0. The molecule has 0 aromatic carbocycles. The summed E-state index contributed by atoms with van der Waals surface area (Å²) >= 11 is -0.106. The third kappa shape index (κ3) is 5.93. The van der Waals surface area contributed by atoms with Crippen molar-refractivity contribution in [2.45, 2.75) is 0 Å². The second-order valence-electron chi connectivity index (χ2n) is 6.57. The van der Waals surface area contributed by atoms with E-state index in [1.165, 1.54) is 78.5 Å². The quantitative estimate of drug-likeness (QED) is 0.312. The van der Waals surface area contributed by atoms with E-state index in [2.05, 4.69) is 28.0 Å². The summed E-state index contributed by atoms with van der Waals surface area (Å²) in [6.07, 6.45) is 0. The topological polar surface area (TPSA) is 18.1 Å². The minimum atomic E-state index is -0.262. The molecule has 0 radical (unpaired) electrons. The Labute approximate surface area is 157 Å². The van der Waals surface area contributed by atoms with Gasteiger partial charge in [0, 0.05) is 0 Å². The van der Waals surface area contributed by atoms with E-state index in [-0.39, 0.29) is 32.7 Å². The van der Waals surface area contributed by atoms with E-state index >= 15 is 0 Å². The van der Waals surface area contributed by atoms with Gasteiger partial charge >= 0.3 is 35.0 Å². The van der Waals surface area contributed by atoms with E-state index in [9.17, 15) is 0 Å². The zero-order valence-electron chi connectivity index (χ0n) is 13.2. The van der Waals surface area contributed by atoms with Crippen molar-refractivity contribution >= 4 is 35.8 Å².